The van der Waals surface area contributed by atoms with Gasteiger partial charge in [0.05, 0.1) is 0 Å². The maximum absolute atomic E-state index is 11.8. The van der Waals surface area contributed by atoms with Crippen LogP contribution in [0.3, 0.4) is 0 Å². The molecule has 1 heterocycles. The predicted octanol–water partition coefficient (Wildman–Crippen LogP) is 3.82. The summed E-state index contributed by atoms with van der Waals surface area (Å²) in [5.74, 6) is 0.690. The number of ether oxygens (including phenoxy) is 1. The first kappa shape index (κ1) is 16.3. The van der Waals surface area contributed by atoms with Crippen LogP contribution in [0.5, 0.6) is 5.75 Å². The Morgan fingerprint density at radius 2 is 1.88 bits per heavy atom. The van der Waals surface area contributed by atoms with Crippen molar-refractivity contribution in [3.8, 4) is 5.75 Å². The molecule has 0 saturated heterocycles. The zero-order chi connectivity index (χ0) is 16.9. The molecule has 3 aromatic rings. The van der Waals surface area contributed by atoms with Gasteiger partial charge in [0.1, 0.15) is 17.9 Å². The van der Waals surface area contributed by atoms with Gasteiger partial charge in [-0.25, -0.2) is 4.79 Å². The summed E-state index contributed by atoms with van der Waals surface area (Å²) in [4.78, 5) is 14.0. The minimum absolute atomic E-state index is 0.331. The van der Waals surface area contributed by atoms with Crippen LogP contribution in [0.1, 0.15) is 18.1 Å². The molecule has 4 heteroatoms. The zero-order valence-corrected chi connectivity index (χ0v) is 14.0. The minimum Gasteiger partial charge on any atom is -0.489 e. The van der Waals surface area contributed by atoms with Gasteiger partial charge in [0.25, 0.3) is 0 Å². The lowest BCUT2D eigenvalue weighted by Crippen LogP contribution is -2.18. The summed E-state index contributed by atoms with van der Waals surface area (Å²) in [6.07, 6.45) is 0. The highest BCUT2D eigenvalue weighted by atomic mass is 16.5. The van der Waals surface area contributed by atoms with Crippen molar-refractivity contribution in [3.63, 3.8) is 0 Å². The highest BCUT2D eigenvalue weighted by Crippen LogP contribution is 2.24. The van der Waals surface area contributed by atoms with E-state index in [1.165, 1.54) is 0 Å². The van der Waals surface area contributed by atoms with Crippen molar-refractivity contribution in [1.82, 2.24) is 4.90 Å². The van der Waals surface area contributed by atoms with Gasteiger partial charge in [-0.3, -0.25) is 0 Å². The molecular weight excluding hydrogens is 302 g/mol. The van der Waals surface area contributed by atoms with E-state index in [0.717, 1.165) is 23.1 Å². The van der Waals surface area contributed by atoms with E-state index < -0.39 is 0 Å². The van der Waals surface area contributed by atoms with Gasteiger partial charge in [0, 0.05) is 24.1 Å². The highest BCUT2D eigenvalue weighted by molar-refractivity contribution is 5.81. The maximum Gasteiger partial charge on any atom is 0.336 e. The molecule has 24 heavy (non-hydrogen) atoms. The Labute approximate surface area is 141 Å². The van der Waals surface area contributed by atoms with E-state index in [2.05, 4.69) is 11.8 Å². The topological polar surface area (TPSA) is 42.7 Å². The smallest absolute Gasteiger partial charge is 0.336 e. The number of hydrogen-bond donors (Lipinski definition) is 0. The molecule has 0 atom stereocenters. The van der Waals surface area contributed by atoms with E-state index in [4.69, 9.17) is 9.15 Å². The normalized spacial score (nSPS) is 11.1. The van der Waals surface area contributed by atoms with Crippen LogP contribution in [0, 0.1) is 0 Å². The summed E-state index contributed by atoms with van der Waals surface area (Å²) in [7, 11) is 2.03. The first-order chi connectivity index (χ1) is 11.7. The number of fused-ring (bicyclic) bond motifs is 1. The Hall–Kier alpha value is -2.59. The molecule has 4 nitrogen and oxygen atoms in total. The highest BCUT2D eigenvalue weighted by Gasteiger charge is 2.09. The van der Waals surface area contributed by atoms with E-state index in [1.807, 2.05) is 49.5 Å². The van der Waals surface area contributed by atoms with Gasteiger partial charge in [-0.2, -0.15) is 0 Å². The fourth-order valence-electron chi connectivity index (χ4n) is 2.57. The summed E-state index contributed by atoms with van der Waals surface area (Å²) in [5, 5.41) is 0.946. The molecule has 1 aromatic heterocycles. The SMILES string of the molecule is CCN(C)Cc1cc(=O)oc2cc(OCc3ccccc3)ccc12. The molecule has 0 aliphatic carbocycles. The van der Waals surface area contributed by atoms with Gasteiger partial charge in [-0.15, -0.1) is 0 Å². The fourth-order valence-corrected chi connectivity index (χ4v) is 2.57. The molecule has 124 valence electrons. The zero-order valence-electron chi connectivity index (χ0n) is 14.0. The Balaban J connectivity index is 1.86. The molecule has 3 rings (SSSR count). The standard InChI is InChI=1S/C20H21NO3/c1-3-21(2)13-16-11-20(22)24-19-12-17(9-10-18(16)19)23-14-15-7-5-4-6-8-15/h4-12H,3,13-14H2,1-2H3. The molecule has 0 radical (unpaired) electrons. The molecular formula is C20H21NO3. The second-order valence-corrected chi connectivity index (χ2v) is 5.85. The van der Waals surface area contributed by atoms with Crippen molar-refractivity contribution in [2.75, 3.05) is 13.6 Å². The van der Waals surface area contributed by atoms with Crippen LogP contribution in [0.2, 0.25) is 0 Å². The van der Waals surface area contributed by atoms with E-state index in [0.29, 0.717) is 24.5 Å². The van der Waals surface area contributed by atoms with Crippen LogP contribution in [0.15, 0.2) is 63.8 Å². The summed E-state index contributed by atoms with van der Waals surface area (Å²) < 4.78 is 11.2. The van der Waals surface area contributed by atoms with Crippen molar-refractivity contribution in [2.24, 2.45) is 0 Å². The Kier molecular flexibility index (Phi) is 4.96. The lowest BCUT2D eigenvalue weighted by molar-refractivity contribution is 0.306. The maximum atomic E-state index is 11.8. The first-order valence-corrected chi connectivity index (χ1v) is 8.08. The van der Waals surface area contributed by atoms with Crippen LogP contribution in [-0.2, 0) is 13.2 Å². The Morgan fingerprint density at radius 3 is 2.62 bits per heavy atom. The van der Waals surface area contributed by atoms with Crippen LogP contribution >= 0.6 is 0 Å². The van der Waals surface area contributed by atoms with E-state index in [1.54, 1.807) is 12.1 Å². The van der Waals surface area contributed by atoms with Crippen molar-refractivity contribution in [2.45, 2.75) is 20.1 Å². The van der Waals surface area contributed by atoms with Crippen LogP contribution in [0.25, 0.3) is 11.0 Å². The molecule has 0 aliphatic heterocycles. The Bertz CT molecular complexity index is 871. The number of benzene rings is 2. The average molecular weight is 323 g/mol. The Morgan fingerprint density at radius 1 is 1.08 bits per heavy atom. The molecule has 0 aliphatic rings. The molecule has 0 fully saturated rings. The largest absolute Gasteiger partial charge is 0.489 e. The van der Waals surface area contributed by atoms with Gasteiger partial charge >= 0.3 is 5.63 Å². The molecule has 0 saturated carbocycles. The van der Waals surface area contributed by atoms with E-state index >= 15 is 0 Å². The number of nitrogens with zero attached hydrogens (tertiary/aromatic N) is 1. The van der Waals surface area contributed by atoms with E-state index in [-0.39, 0.29) is 5.63 Å². The van der Waals surface area contributed by atoms with Gasteiger partial charge in [-0.1, -0.05) is 37.3 Å². The summed E-state index contributed by atoms with van der Waals surface area (Å²) in [5.41, 5.74) is 2.30. The third kappa shape index (κ3) is 3.84. The van der Waals surface area contributed by atoms with Crippen molar-refractivity contribution < 1.29 is 9.15 Å². The average Bonchev–Trinajstić information content (AvgIpc) is 2.60. The van der Waals surface area contributed by atoms with Gasteiger partial charge in [0.15, 0.2) is 0 Å². The monoisotopic (exact) mass is 323 g/mol. The first-order valence-electron chi connectivity index (χ1n) is 8.08. The fraction of sp³-hybridized carbons (Fsp3) is 0.250. The molecule has 0 spiro atoms. The van der Waals surface area contributed by atoms with Gasteiger partial charge < -0.3 is 14.1 Å². The number of hydrogen-bond acceptors (Lipinski definition) is 4. The number of rotatable bonds is 6. The summed E-state index contributed by atoms with van der Waals surface area (Å²) in [6, 6.07) is 17.2. The molecule has 2 aromatic carbocycles. The second-order valence-electron chi connectivity index (χ2n) is 5.85. The molecule has 0 bridgehead atoms. The van der Waals surface area contributed by atoms with Crippen LogP contribution in [0.4, 0.5) is 0 Å². The van der Waals surface area contributed by atoms with Crippen molar-refractivity contribution in [3.05, 3.63) is 76.1 Å². The molecule has 0 N–H and O–H groups in total. The third-order valence-electron chi connectivity index (χ3n) is 4.03. The predicted molar refractivity (Wildman–Crippen MR) is 95.3 cm³/mol. The quantitative estimate of drug-likeness (QED) is 0.647. The second kappa shape index (κ2) is 7.32. The van der Waals surface area contributed by atoms with Crippen molar-refractivity contribution >= 4 is 11.0 Å². The molecule has 0 amide bonds. The van der Waals surface area contributed by atoms with E-state index in [9.17, 15) is 4.79 Å². The van der Waals surface area contributed by atoms with Gasteiger partial charge in [-0.05, 0) is 36.9 Å². The lowest BCUT2D eigenvalue weighted by Gasteiger charge is -2.15. The summed E-state index contributed by atoms with van der Waals surface area (Å²) >= 11 is 0. The summed E-state index contributed by atoms with van der Waals surface area (Å²) in [6.45, 7) is 4.20. The molecule has 0 unspecified atom stereocenters. The van der Waals surface area contributed by atoms with Crippen molar-refractivity contribution in [1.29, 1.82) is 0 Å². The lowest BCUT2D eigenvalue weighted by atomic mass is 10.1. The minimum atomic E-state index is -0.331. The van der Waals surface area contributed by atoms with Crippen LogP contribution < -0.4 is 10.4 Å². The van der Waals surface area contributed by atoms with Crippen LogP contribution in [-0.4, -0.2) is 18.5 Å². The third-order valence-corrected chi connectivity index (χ3v) is 4.03. The van der Waals surface area contributed by atoms with Gasteiger partial charge in [0.2, 0.25) is 0 Å².